The van der Waals surface area contributed by atoms with Crippen molar-refractivity contribution in [1.82, 2.24) is 20.2 Å². The first-order valence-electron chi connectivity index (χ1n) is 7.46. The highest BCUT2D eigenvalue weighted by atomic mass is 15.3. The van der Waals surface area contributed by atoms with Crippen molar-refractivity contribution < 1.29 is 0 Å². The average Bonchev–Trinajstić information content (AvgIpc) is 3.27. The van der Waals surface area contributed by atoms with E-state index in [9.17, 15) is 0 Å². The summed E-state index contributed by atoms with van der Waals surface area (Å²) in [6.45, 7) is 7.76. The van der Waals surface area contributed by atoms with Gasteiger partial charge in [-0.3, -0.25) is 4.90 Å². The molecule has 1 N–H and O–H groups in total. The van der Waals surface area contributed by atoms with Crippen LogP contribution in [0, 0.1) is 5.92 Å². The molecule has 104 valence electrons. The summed E-state index contributed by atoms with van der Waals surface area (Å²) in [5.41, 5.74) is 0.283. The fourth-order valence-electron chi connectivity index (χ4n) is 3.21. The van der Waals surface area contributed by atoms with Crippen LogP contribution >= 0.6 is 0 Å². The van der Waals surface area contributed by atoms with Crippen molar-refractivity contribution >= 4 is 0 Å². The number of nitrogens with zero attached hydrogens (tertiary/aromatic N) is 3. The third-order valence-electron chi connectivity index (χ3n) is 4.81. The normalized spacial score (nSPS) is 32.4. The van der Waals surface area contributed by atoms with Crippen molar-refractivity contribution in [2.24, 2.45) is 5.92 Å². The third kappa shape index (κ3) is 2.65. The zero-order valence-electron chi connectivity index (χ0n) is 12.0. The van der Waals surface area contributed by atoms with Crippen molar-refractivity contribution in [3.8, 4) is 0 Å². The Morgan fingerprint density at radius 3 is 2.74 bits per heavy atom. The van der Waals surface area contributed by atoms with Gasteiger partial charge in [0.2, 0.25) is 0 Å². The predicted octanol–water partition coefficient (Wildman–Crippen LogP) is 1.83. The van der Waals surface area contributed by atoms with Gasteiger partial charge in [0.15, 0.2) is 0 Å². The molecule has 2 aliphatic rings. The van der Waals surface area contributed by atoms with Crippen LogP contribution in [0.15, 0.2) is 18.5 Å². The minimum Gasteiger partial charge on any atom is -0.311 e. The standard InChI is InChI=1S/C15H24N4/c1-3-13-9-19(10-14-16-7-4-8-17-14)15(2,11-18-13)12-5-6-12/h4,7-8,12-13,18H,3,5-6,9-11H2,1-2H3. The van der Waals surface area contributed by atoms with Gasteiger partial charge in [0.05, 0.1) is 6.54 Å². The van der Waals surface area contributed by atoms with Gasteiger partial charge in [-0.15, -0.1) is 0 Å². The molecule has 2 unspecified atom stereocenters. The molecule has 3 rings (SSSR count). The molecule has 0 spiro atoms. The first-order chi connectivity index (χ1) is 9.22. The summed E-state index contributed by atoms with van der Waals surface area (Å²) < 4.78 is 0. The predicted molar refractivity (Wildman–Crippen MR) is 75.7 cm³/mol. The van der Waals surface area contributed by atoms with E-state index in [0.29, 0.717) is 6.04 Å². The first kappa shape index (κ1) is 13.0. The van der Waals surface area contributed by atoms with E-state index in [4.69, 9.17) is 0 Å². The van der Waals surface area contributed by atoms with Crippen molar-refractivity contribution in [3.05, 3.63) is 24.3 Å². The molecule has 1 saturated carbocycles. The Morgan fingerprint density at radius 1 is 1.37 bits per heavy atom. The van der Waals surface area contributed by atoms with Crippen molar-refractivity contribution in [1.29, 1.82) is 0 Å². The Balaban J connectivity index is 1.77. The van der Waals surface area contributed by atoms with E-state index in [1.54, 1.807) is 0 Å². The third-order valence-corrected chi connectivity index (χ3v) is 4.81. The molecule has 0 aromatic carbocycles. The van der Waals surface area contributed by atoms with Crippen LogP contribution in [0.5, 0.6) is 0 Å². The van der Waals surface area contributed by atoms with Crippen molar-refractivity contribution in [2.75, 3.05) is 13.1 Å². The molecular formula is C15H24N4. The number of rotatable bonds is 4. The molecule has 19 heavy (non-hydrogen) atoms. The zero-order chi connectivity index (χ0) is 13.3. The molecule has 1 saturated heterocycles. The second-order valence-electron chi connectivity index (χ2n) is 6.16. The number of piperazine rings is 1. The molecule has 1 aromatic rings. The molecule has 0 amide bonds. The van der Waals surface area contributed by atoms with Crippen molar-refractivity contribution in [3.63, 3.8) is 0 Å². The van der Waals surface area contributed by atoms with Gasteiger partial charge in [0.1, 0.15) is 5.82 Å². The number of nitrogens with one attached hydrogen (secondary N) is 1. The van der Waals surface area contributed by atoms with Crippen LogP contribution in [0.2, 0.25) is 0 Å². The molecule has 1 aromatic heterocycles. The van der Waals surface area contributed by atoms with Gasteiger partial charge in [0.25, 0.3) is 0 Å². The zero-order valence-corrected chi connectivity index (χ0v) is 12.0. The SMILES string of the molecule is CCC1CN(Cc2ncccn2)C(C)(C2CC2)CN1. The topological polar surface area (TPSA) is 41.1 Å². The largest absolute Gasteiger partial charge is 0.311 e. The minimum absolute atomic E-state index is 0.283. The molecule has 4 nitrogen and oxygen atoms in total. The fourth-order valence-corrected chi connectivity index (χ4v) is 3.21. The van der Waals surface area contributed by atoms with Crippen LogP contribution in [-0.4, -0.2) is 39.5 Å². The highest BCUT2D eigenvalue weighted by Gasteiger charge is 2.48. The highest BCUT2D eigenvalue weighted by molar-refractivity contribution is 5.06. The maximum absolute atomic E-state index is 4.40. The Kier molecular flexibility index (Phi) is 3.54. The van der Waals surface area contributed by atoms with Gasteiger partial charge in [-0.05, 0) is 38.2 Å². The lowest BCUT2D eigenvalue weighted by Gasteiger charge is -2.48. The van der Waals surface area contributed by atoms with E-state index >= 15 is 0 Å². The van der Waals surface area contributed by atoms with E-state index in [0.717, 1.165) is 31.4 Å². The Bertz CT molecular complexity index is 417. The molecule has 0 bridgehead atoms. The summed E-state index contributed by atoms with van der Waals surface area (Å²) in [7, 11) is 0. The van der Waals surface area contributed by atoms with Crippen LogP contribution in [0.4, 0.5) is 0 Å². The quantitative estimate of drug-likeness (QED) is 0.896. The maximum Gasteiger partial charge on any atom is 0.142 e. The van der Waals surface area contributed by atoms with Gasteiger partial charge in [0, 0.05) is 37.1 Å². The second kappa shape index (κ2) is 5.17. The molecule has 2 heterocycles. The van der Waals surface area contributed by atoms with E-state index in [2.05, 4.69) is 34.0 Å². The van der Waals surface area contributed by atoms with Crippen LogP contribution in [-0.2, 0) is 6.54 Å². The number of hydrogen-bond acceptors (Lipinski definition) is 4. The summed E-state index contributed by atoms with van der Waals surface area (Å²) in [4.78, 5) is 11.4. The van der Waals surface area contributed by atoms with Crippen LogP contribution < -0.4 is 5.32 Å². The molecular weight excluding hydrogens is 236 g/mol. The van der Waals surface area contributed by atoms with Gasteiger partial charge in [-0.2, -0.15) is 0 Å². The molecule has 1 aliphatic heterocycles. The van der Waals surface area contributed by atoms with Gasteiger partial charge in [-0.25, -0.2) is 9.97 Å². The van der Waals surface area contributed by atoms with E-state index in [-0.39, 0.29) is 5.54 Å². The maximum atomic E-state index is 4.40. The van der Waals surface area contributed by atoms with Gasteiger partial charge in [-0.1, -0.05) is 6.92 Å². The summed E-state index contributed by atoms with van der Waals surface area (Å²) in [6, 6.07) is 2.49. The highest BCUT2D eigenvalue weighted by Crippen LogP contribution is 2.44. The Morgan fingerprint density at radius 2 is 2.11 bits per heavy atom. The van der Waals surface area contributed by atoms with Crippen molar-refractivity contribution in [2.45, 2.75) is 51.2 Å². The van der Waals surface area contributed by atoms with Gasteiger partial charge < -0.3 is 5.32 Å². The monoisotopic (exact) mass is 260 g/mol. The van der Waals surface area contributed by atoms with E-state index < -0.39 is 0 Å². The number of hydrogen-bond donors (Lipinski definition) is 1. The second-order valence-corrected chi connectivity index (χ2v) is 6.16. The summed E-state index contributed by atoms with van der Waals surface area (Å²) in [6.07, 6.45) is 7.63. The van der Waals surface area contributed by atoms with Crippen LogP contribution in [0.3, 0.4) is 0 Å². The molecule has 2 atom stereocenters. The smallest absolute Gasteiger partial charge is 0.142 e. The summed E-state index contributed by atoms with van der Waals surface area (Å²) in [5, 5.41) is 3.71. The molecule has 2 fully saturated rings. The molecule has 1 aliphatic carbocycles. The summed E-state index contributed by atoms with van der Waals surface area (Å²) >= 11 is 0. The number of aromatic nitrogens is 2. The van der Waals surface area contributed by atoms with Crippen LogP contribution in [0.1, 0.15) is 38.9 Å². The molecule has 4 heteroatoms. The summed E-state index contributed by atoms with van der Waals surface area (Å²) in [5.74, 6) is 1.80. The Labute approximate surface area is 115 Å². The Hall–Kier alpha value is -1.00. The minimum atomic E-state index is 0.283. The lowest BCUT2D eigenvalue weighted by Crippen LogP contribution is -2.63. The lowest BCUT2D eigenvalue weighted by atomic mass is 9.89. The molecule has 0 radical (unpaired) electrons. The van der Waals surface area contributed by atoms with E-state index in [1.807, 2.05) is 18.5 Å². The lowest BCUT2D eigenvalue weighted by molar-refractivity contribution is 0.0249. The first-order valence-corrected chi connectivity index (χ1v) is 7.46. The van der Waals surface area contributed by atoms with E-state index in [1.165, 1.54) is 19.3 Å². The average molecular weight is 260 g/mol. The fraction of sp³-hybridized carbons (Fsp3) is 0.733. The van der Waals surface area contributed by atoms with Gasteiger partial charge >= 0.3 is 0 Å². The van der Waals surface area contributed by atoms with Crippen LogP contribution in [0.25, 0.3) is 0 Å².